The van der Waals surface area contributed by atoms with E-state index in [1.807, 2.05) is 6.08 Å². The zero-order chi connectivity index (χ0) is 11.3. The second-order valence-corrected chi connectivity index (χ2v) is 5.44. The first-order valence-electron chi connectivity index (χ1n) is 6.50. The second-order valence-electron chi connectivity index (χ2n) is 5.44. The van der Waals surface area contributed by atoms with Crippen LogP contribution in [0.1, 0.15) is 52.9 Å². The normalized spacial score (nSPS) is 33.7. The molecular formula is C14H27N. The molecule has 88 valence electrons. The molecule has 0 aromatic rings. The summed E-state index contributed by atoms with van der Waals surface area (Å²) in [6.45, 7) is 10.9. The first-order chi connectivity index (χ1) is 7.13. The topological polar surface area (TPSA) is 12.0 Å². The maximum absolute atomic E-state index is 3.78. The molecule has 1 fully saturated rings. The van der Waals surface area contributed by atoms with Crippen molar-refractivity contribution in [2.45, 2.75) is 65.0 Å². The molecule has 0 amide bonds. The number of hydrogen-bond acceptors (Lipinski definition) is 1. The van der Waals surface area contributed by atoms with Crippen LogP contribution in [0, 0.1) is 11.8 Å². The molecule has 1 saturated carbocycles. The highest BCUT2D eigenvalue weighted by Crippen LogP contribution is 2.28. The molecule has 1 N–H and O–H groups in total. The maximum atomic E-state index is 3.78. The molecular weight excluding hydrogens is 182 g/mol. The minimum Gasteiger partial charge on any atom is -0.311 e. The summed E-state index contributed by atoms with van der Waals surface area (Å²) in [4.78, 5) is 0. The molecule has 0 aliphatic heterocycles. The van der Waals surface area contributed by atoms with Gasteiger partial charge in [0.1, 0.15) is 0 Å². The summed E-state index contributed by atoms with van der Waals surface area (Å²) < 4.78 is 0. The molecule has 0 bridgehead atoms. The van der Waals surface area contributed by atoms with Crippen LogP contribution in [-0.4, -0.2) is 12.1 Å². The van der Waals surface area contributed by atoms with Crippen LogP contribution in [0.2, 0.25) is 0 Å². The molecule has 0 radical (unpaired) electrons. The van der Waals surface area contributed by atoms with Crippen molar-refractivity contribution in [3.63, 3.8) is 0 Å². The summed E-state index contributed by atoms with van der Waals surface area (Å²) in [5, 5.41) is 3.78. The molecule has 1 aliphatic rings. The van der Waals surface area contributed by atoms with E-state index in [2.05, 4.69) is 32.7 Å². The summed E-state index contributed by atoms with van der Waals surface area (Å²) in [7, 11) is 0. The van der Waals surface area contributed by atoms with Crippen molar-refractivity contribution in [3.05, 3.63) is 12.7 Å². The lowest BCUT2D eigenvalue weighted by molar-refractivity contribution is 0.214. The van der Waals surface area contributed by atoms with E-state index in [0.717, 1.165) is 24.3 Å². The fourth-order valence-corrected chi connectivity index (χ4v) is 2.73. The van der Waals surface area contributed by atoms with Crippen LogP contribution in [0.3, 0.4) is 0 Å². The van der Waals surface area contributed by atoms with Crippen molar-refractivity contribution >= 4 is 0 Å². The van der Waals surface area contributed by atoms with Gasteiger partial charge in [0, 0.05) is 12.1 Å². The largest absolute Gasteiger partial charge is 0.311 e. The molecule has 1 aliphatic carbocycles. The molecule has 0 spiro atoms. The maximum Gasteiger partial charge on any atom is 0.00953 e. The van der Waals surface area contributed by atoms with E-state index in [1.165, 1.54) is 25.7 Å². The third-order valence-electron chi connectivity index (χ3n) is 3.73. The van der Waals surface area contributed by atoms with Crippen LogP contribution < -0.4 is 5.32 Å². The van der Waals surface area contributed by atoms with E-state index in [9.17, 15) is 0 Å². The summed E-state index contributed by atoms with van der Waals surface area (Å²) in [6.07, 6.45) is 8.53. The first-order valence-corrected chi connectivity index (χ1v) is 6.50. The van der Waals surface area contributed by atoms with Gasteiger partial charge in [-0.05, 0) is 50.9 Å². The number of rotatable bonds is 5. The molecule has 0 saturated heterocycles. The van der Waals surface area contributed by atoms with Crippen molar-refractivity contribution in [2.24, 2.45) is 11.8 Å². The minimum atomic E-state index is 0.642. The summed E-state index contributed by atoms with van der Waals surface area (Å²) in [6, 6.07) is 1.39. The van der Waals surface area contributed by atoms with Crippen LogP contribution in [0.25, 0.3) is 0 Å². The first kappa shape index (κ1) is 12.8. The number of hydrogen-bond donors (Lipinski definition) is 1. The molecule has 0 heterocycles. The van der Waals surface area contributed by atoms with Crippen LogP contribution >= 0.6 is 0 Å². The van der Waals surface area contributed by atoms with Gasteiger partial charge < -0.3 is 5.32 Å². The Hall–Kier alpha value is -0.300. The Morgan fingerprint density at radius 1 is 1.40 bits per heavy atom. The fourth-order valence-electron chi connectivity index (χ4n) is 2.73. The molecule has 1 heteroatoms. The van der Waals surface area contributed by atoms with Crippen LogP contribution in [0.15, 0.2) is 12.7 Å². The van der Waals surface area contributed by atoms with E-state index in [0.29, 0.717) is 6.04 Å². The van der Waals surface area contributed by atoms with E-state index in [-0.39, 0.29) is 0 Å². The zero-order valence-corrected chi connectivity index (χ0v) is 10.6. The molecule has 0 aromatic heterocycles. The van der Waals surface area contributed by atoms with Gasteiger partial charge >= 0.3 is 0 Å². The zero-order valence-electron chi connectivity index (χ0n) is 10.6. The Labute approximate surface area is 95.3 Å². The lowest BCUT2D eigenvalue weighted by atomic mass is 9.79. The third-order valence-corrected chi connectivity index (χ3v) is 3.73. The van der Waals surface area contributed by atoms with Crippen molar-refractivity contribution in [1.29, 1.82) is 0 Å². The third kappa shape index (κ3) is 4.38. The van der Waals surface area contributed by atoms with Gasteiger partial charge in [-0.25, -0.2) is 0 Å². The van der Waals surface area contributed by atoms with Gasteiger partial charge in [-0.2, -0.15) is 0 Å². The van der Waals surface area contributed by atoms with Crippen molar-refractivity contribution < 1.29 is 0 Å². The quantitative estimate of drug-likeness (QED) is 0.680. The highest BCUT2D eigenvalue weighted by molar-refractivity contribution is 4.83. The number of nitrogens with one attached hydrogen (secondary N) is 1. The summed E-state index contributed by atoms with van der Waals surface area (Å²) in [5.41, 5.74) is 0. The average Bonchev–Trinajstić information content (AvgIpc) is 2.19. The Balaban J connectivity index is 2.27. The lowest BCUT2D eigenvalue weighted by Gasteiger charge is -2.35. The smallest absolute Gasteiger partial charge is 0.00953 e. The van der Waals surface area contributed by atoms with Crippen LogP contribution in [0.5, 0.6) is 0 Å². The molecule has 0 aromatic carbocycles. The Morgan fingerprint density at radius 2 is 2.13 bits per heavy atom. The lowest BCUT2D eigenvalue weighted by Crippen LogP contribution is -2.43. The molecule has 15 heavy (non-hydrogen) atoms. The SMILES string of the molecule is C=CCCC(C)NC1CCC(C)CC1C. The van der Waals surface area contributed by atoms with Gasteiger partial charge in [0.25, 0.3) is 0 Å². The van der Waals surface area contributed by atoms with E-state index in [4.69, 9.17) is 0 Å². The van der Waals surface area contributed by atoms with Crippen molar-refractivity contribution in [3.8, 4) is 0 Å². The van der Waals surface area contributed by atoms with Gasteiger partial charge in [0.2, 0.25) is 0 Å². The molecule has 4 unspecified atom stereocenters. The van der Waals surface area contributed by atoms with Gasteiger partial charge in [-0.1, -0.05) is 19.9 Å². The number of allylic oxidation sites excluding steroid dienone is 1. The van der Waals surface area contributed by atoms with Gasteiger partial charge in [-0.3, -0.25) is 0 Å². The molecule has 1 nitrogen and oxygen atoms in total. The summed E-state index contributed by atoms with van der Waals surface area (Å²) >= 11 is 0. The van der Waals surface area contributed by atoms with Crippen molar-refractivity contribution in [2.75, 3.05) is 0 Å². The summed E-state index contributed by atoms with van der Waals surface area (Å²) in [5.74, 6) is 1.78. The predicted molar refractivity (Wildman–Crippen MR) is 68.0 cm³/mol. The fraction of sp³-hybridized carbons (Fsp3) is 0.857. The standard InChI is InChI=1S/C14H27N/c1-5-6-7-13(4)15-14-9-8-11(2)10-12(14)3/h5,11-15H,1,6-10H2,2-4H3. The Kier molecular flexibility index (Phi) is 5.38. The highest BCUT2D eigenvalue weighted by Gasteiger charge is 2.25. The van der Waals surface area contributed by atoms with Crippen LogP contribution in [0.4, 0.5) is 0 Å². The van der Waals surface area contributed by atoms with Gasteiger partial charge in [0.05, 0.1) is 0 Å². The van der Waals surface area contributed by atoms with E-state index < -0.39 is 0 Å². The average molecular weight is 209 g/mol. The monoisotopic (exact) mass is 209 g/mol. The molecule has 4 atom stereocenters. The Bertz CT molecular complexity index is 188. The Morgan fingerprint density at radius 3 is 2.73 bits per heavy atom. The predicted octanol–water partition coefficient (Wildman–Crippen LogP) is 3.76. The highest BCUT2D eigenvalue weighted by atomic mass is 14.9. The van der Waals surface area contributed by atoms with Gasteiger partial charge in [0.15, 0.2) is 0 Å². The van der Waals surface area contributed by atoms with E-state index >= 15 is 0 Å². The minimum absolute atomic E-state index is 0.642. The van der Waals surface area contributed by atoms with Gasteiger partial charge in [-0.15, -0.1) is 6.58 Å². The van der Waals surface area contributed by atoms with Crippen LogP contribution in [-0.2, 0) is 0 Å². The van der Waals surface area contributed by atoms with Crippen molar-refractivity contribution in [1.82, 2.24) is 5.32 Å². The van der Waals surface area contributed by atoms with E-state index in [1.54, 1.807) is 0 Å². The second kappa shape index (κ2) is 6.32. The molecule has 1 rings (SSSR count).